The molecule has 136 heavy (non-hydrogen) atoms. The van der Waals surface area contributed by atoms with E-state index in [1.807, 2.05) is 158 Å². The average molecular weight is 1740 g/mol. The number of pyridine rings is 2. The van der Waals surface area contributed by atoms with Gasteiger partial charge in [-0.05, 0) is 204 Å². The fraction of sp³-hybridized carbons (Fsp3) is 0. The molecule has 27 aromatic rings. The van der Waals surface area contributed by atoms with E-state index in [2.05, 4.69) is 356 Å². The predicted octanol–water partition coefficient (Wildman–Crippen LogP) is 31.1. The fourth-order valence-electron chi connectivity index (χ4n) is 19.8. The van der Waals surface area contributed by atoms with E-state index < -0.39 is 0 Å². The minimum atomic E-state index is 0.590. The van der Waals surface area contributed by atoms with Crippen LogP contribution in [0.1, 0.15) is 0 Å². The molecule has 636 valence electrons. The first-order valence-electron chi connectivity index (χ1n) is 45.7. The number of nitrogens with zero attached hydrogens (tertiary/aromatic N) is 12. The summed E-state index contributed by atoms with van der Waals surface area (Å²) in [6, 6.07) is 162. The third-order valence-corrected chi connectivity index (χ3v) is 26.2. The van der Waals surface area contributed by atoms with Crippen LogP contribution >= 0.6 is 0 Å². The van der Waals surface area contributed by atoms with Crippen LogP contribution in [0.15, 0.2) is 486 Å². The van der Waals surface area contributed by atoms with Gasteiger partial charge in [-0.2, -0.15) is 9.97 Å². The van der Waals surface area contributed by atoms with E-state index in [9.17, 15) is 0 Å². The van der Waals surface area contributed by atoms with Gasteiger partial charge in [0.25, 0.3) is 0 Å². The summed E-state index contributed by atoms with van der Waals surface area (Å²) in [5.74, 6) is 3.83. The number of benzene rings is 19. The van der Waals surface area contributed by atoms with Crippen LogP contribution in [0.4, 0.5) is 0 Å². The highest BCUT2D eigenvalue weighted by atomic mass is 15.2. The molecule has 0 atom stereocenters. The number of hydrogen-bond donors (Lipinski definition) is 0. The van der Waals surface area contributed by atoms with Gasteiger partial charge in [0, 0.05) is 89.0 Å². The lowest BCUT2D eigenvalue weighted by molar-refractivity contribution is 0.953. The average Bonchev–Trinajstić information content (AvgIpc) is 1.59. The highest BCUT2D eigenvalue weighted by Gasteiger charge is 2.24. The standard InChI is InChI=1S/C45H29N5.C45H29N3.C34H22N4/c1-4-14-30(15-5-1)43-46-44(31-16-6-2-7-17-31)48-45(47-43)50-40-23-13-11-21-36(40)38-29-33(25-27-42(38)50)32-24-26-41-37(28-32)35-20-10-12-22-39(35)49(41)34-18-8-3-9-19-34;1-3-13-30(14-4-1)43-46-44(31-15-5-2-6-16-31)48-45(47-43)36-20-12-19-34(28-36)32-17-11-18-33(27-32)35-25-26-41-39-23-8-7-21-37(39)38-22-9-10-24-40(38)42(41)29-35;1-3-11-31-27(9-1)29-19-23(13-15-33(29)37(31)25-7-5-17-35-21-25)24-14-16-34-30(20-24)28-10-2-4-12-32(28)38(34)26-8-6-18-36-22-26/h1-29H;1-29H;1-22H. The summed E-state index contributed by atoms with van der Waals surface area (Å²) in [6.07, 6.45) is 7.48. The second kappa shape index (κ2) is 34.1. The molecule has 12 nitrogen and oxygen atoms in total. The summed E-state index contributed by atoms with van der Waals surface area (Å²) in [4.78, 5) is 38.6. The maximum absolute atomic E-state index is 5.08. The quantitative estimate of drug-likeness (QED) is 0.105. The van der Waals surface area contributed by atoms with Crippen LogP contribution in [0.2, 0.25) is 0 Å². The van der Waals surface area contributed by atoms with Gasteiger partial charge in [-0.3, -0.25) is 14.5 Å². The minimum Gasteiger partial charge on any atom is -0.309 e. The molecular formula is C124H80N12. The van der Waals surface area contributed by atoms with Crippen LogP contribution in [-0.2, 0) is 0 Å². The molecule has 19 aromatic carbocycles. The highest BCUT2D eigenvalue weighted by Crippen LogP contribution is 2.44. The first-order valence-corrected chi connectivity index (χ1v) is 45.7. The number of aromatic nitrogens is 12. The third-order valence-electron chi connectivity index (χ3n) is 26.2. The summed E-state index contributed by atoms with van der Waals surface area (Å²) < 4.78 is 9.12. The zero-order valence-corrected chi connectivity index (χ0v) is 73.6. The highest BCUT2D eigenvalue weighted by molar-refractivity contribution is 6.26. The van der Waals surface area contributed by atoms with Crippen molar-refractivity contribution in [1.29, 1.82) is 0 Å². The Balaban J connectivity index is 0.000000110. The lowest BCUT2D eigenvalue weighted by atomic mass is 9.91. The third kappa shape index (κ3) is 14.4. The van der Waals surface area contributed by atoms with E-state index >= 15 is 0 Å². The molecule has 0 saturated heterocycles. The molecule has 0 aliphatic carbocycles. The van der Waals surface area contributed by atoms with Crippen molar-refractivity contribution < 1.29 is 0 Å². The first kappa shape index (κ1) is 79.6. The maximum Gasteiger partial charge on any atom is 0.238 e. The van der Waals surface area contributed by atoms with Gasteiger partial charge in [-0.1, -0.05) is 334 Å². The number of fused-ring (bicyclic) bond motifs is 18. The summed E-state index contributed by atoms with van der Waals surface area (Å²) >= 11 is 0. The molecule has 12 heteroatoms. The van der Waals surface area contributed by atoms with E-state index in [1.165, 1.54) is 126 Å². The molecule has 0 fully saturated rings. The molecule has 0 spiro atoms. The Morgan fingerprint density at radius 3 is 0.728 bits per heavy atom. The Morgan fingerprint density at radius 2 is 0.368 bits per heavy atom. The van der Waals surface area contributed by atoms with Gasteiger partial charge >= 0.3 is 0 Å². The van der Waals surface area contributed by atoms with E-state index in [-0.39, 0.29) is 0 Å². The topological polar surface area (TPSA) is 123 Å². The molecule has 8 aromatic heterocycles. The van der Waals surface area contributed by atoms with Crippen LogP contribution in [0.25, 0.3) is 244 Å². The second-order valence-electron chi connectivity index (χ2n) is 34.2. The van der Waals surface area contributed by atoms with Crippen LogP contribution in [-0.4, -0.2) is 58.1 Å². The molecule has 0 N–H and O–H groups in total. The van der Waals surface area contributed by atoms with Crippen LogP contribution in [0.3, 0.4) is 0 Å². The molecule has 0 amide bonds. The van der Waals surface area contributed by atoms with E-state index in [0.29, 0.717) is 35.1 Å². The smallest absolute Gasteiger partial charge is 0.238 e. The molecule has 0 aliphatic rings. The zero-order chi connectivity index (χ0) is 89.9. The Morgan fingerprint density at radius 1 is 0.132 bits per heavy atom. The SMILES string of the molecule is c1ccc(-c2nc(-c3ccccc3)nc(-c3cccc(-c4cccc(-c5ccc6c7ccccc7c7ccccc7c6c5)c4)c3)n2)cc1.c1ccc(-c2nc(-c3ccccc3)nc(-n3c4ccccc4c4cc(-c5ccc6c(c5)c5ccccc5n6-c5ccccc5)ccc43)n2)cc1.c1cncc(-n2c3ccccc3c3cc(-c4ccc5c(c4)c4ccccc4n5-c4cccnc4)ccc32)c1. The van der Waals surface area contributed by atoms with Gasteiger partial charge in [0.05, 0.1) is 67.9 Å². The van der Waals surface area contributed by atoms with Crippen molar-refractivity contribution in [2.45, 2.75) is 0 Å². The Labute approximate surface area is 782 Å². The fourth-order valence-corrected chi connectivity index (χ4v) is 19.8. The van der Waals surface area contributed by atoms with Gasteiger partial charge in [0.1, 0.15) is 0 Å². The number of hydrogen-bond acceptors (Lipinski definition) is 8. The van der Waals surface area contributed by atoms with Gasteiger partial charge in [0.2, 0.25) is 5.95 Å². The Bertz CT molecular complexity index is 8970. The van der Waals surface area contributed by atoms with Gasteiger partial charge in [-0.15, -0.1) is 0 Å². The summed E-state index contributed by atoms with van der Waals surface area (Å²) in [5, 5.41) is 17.4. The zero-order valence-electron chi connectivity index (χ0n) is 73.6. The number of rotatable bonds is 13. The Hall–Kier alpha value is -18.5. The van der Waals surface area contributed by atoms with Crippen molar-refractivity contribution in [1.82, 2.24) is 58.1 Å². The summed E-state index contributed by atoms with van der Waals surface area (Å²) in [7, 11) is 0. The van der Waals surface area contributed by atoms with Crippen molar-refractivity contribution in [3.05, 3.63) is 486 Å². The Kier molecular flexibility index (Phi) is 20.0. The predicted molar refractivity (Wildman–Crippen MR) is 560 cm³/mol. The lowest BCUT2D eigenvalue weighted by Crippen LogP contribution is -2.06. The van der Waals surface area contributed by atoms with E-state index in [1.54, 1.807) is 0 Å². The summed E-state index contributed by atoms with van der Waals surface area (Å²) in [6.45, 7) is 0. The maximum atomic E-state index is 5.08. The van der Waals surface area contributed by atoms with Gasteiger partial charge < -0.3 is 13.7 Å². The molecule has 0 unspecified atom stereocenters. The molecule has 8 heterocycles. The molecule has 0 radical (unpaired) electrons. The van der Waals surface area contributed by atoms with Crippen molar-refractivity contribution in [2.75, 3.05) is 0 Å². The van der Waals surface area contributed by atoms with Crippen LogP contribution in [0.5, 0.6) is 0 Å². The molecule has 0 aliphatic heterocycles. The molecule has 0 bridgehead atoms. The monoisotopic (exact) mass is 1740 g/mol. The minimum absolute atomic E-state index is 0.590. The van der Waals surface area contributed by atoms with Gasteiger partial charge in [-0.25, -0.2) is 19.9 Å². The second-order valence-corrected chi connectivity index (χ2v) is 34.2. The molecule has 0 saturated carbocycles. The van der Waals surface area contributed by atoms with Gasteiger partial charge in [0.15, 0.2) is 29.1 Å². The molecular weight excluding hydrogens is 1660 g/mol. The van der Waals surface area contributed by atoms with Crippen LogP contribution in [0, 0.1) is 0 Å². The normalized spacial score (nSPS) is 11.5. The van der Waals surface area contributed by atoms with E-state index in [4.69, 9.17) is 29.9 Å². The first-order chi connectivity index (χ1) is 67.4. The largest absolute Gasteiger partial charge is 0.309 e. The lowest BCUT2D eigenvalue weighted by Gasteiger charge is -2.13. The number of para-hydroxylation sites is 5. The molecule has 27 rings (SSSR count). The van der Waals surface area contributed by atoms with Crippen molar-refractivity contribution >= 4 is 120 Å². The van der Waals surface area contributed by atoms with Crippen LogP contribution < -0.4 is 0 Å². The van der Waals surface area contributed by atoms with E-state index in [0.717, 1.165) is 83.4 Å². The van der Waals surface area contributed by atoms with Crippen molar-refractivity contribution in [2.24, 2.45) is 0 Å². The summed E-state index contributed by atoms with van der Waals surface area (Å²) in [5.41, 5.74) is 26.6. The van der Waals surface area contributed by atoms with Crippen molar-refractivity contribution in [3.63, 3.8) is 0 Å². The van der Waals surface area contributed by atoms with Crippen molar-refractivity contribution in [3.8, 4) is 124 Å².